The molecule has 1 aromatic heterocycles. The van der Waals surface area contributed by atoms with Gasteiger partial charge in [-0.25, -0.2) is 0 Å². The predicted octanol–water partition coefficient (Wildman–Crippen LogP) is 1.86. The topological polar surface area (TPSA) is 66.7 Å². The van der Waals surface area contributed by atoms with Crippen LogP contribution in [0.1, 0.15) is 37.2 Å². The molecule has 1 atom stereocenters. The maximum atomic E-state index is 5.39. The van der Waals surface area contributed by atoms with Crippen LogP contribution in [0.5, 0.6) is 0 Å². The Balaban J connectivity index is 0.00000364. The van der Waals surface area contributed by atoms with Crippen LogP contribution in [0, 0.1) is 13.8 Å². The van der Waals surface area contributed by atoms with Crippen molar-refractivity contribution in [2.24, 2.45) is 12.0 Å². The van der Waals surface area contributed by atoms with Crippen molar-refractivity contribution in [3.8, 4) is 0 Å². The van der Waals surface area contributed by atoms with E-state index in [1.807, 2.05) is 11.7 Å². The van der Waals surface area contributed by atoms with Crippen LogP contribution in [-0.4, -0.2) is 72.6 Å². The minimum Gasteiger partial charge on any atom is -0.379 e. The number of guanidine groups is 1. The molecule has 0 saturated carbocycles. The fourth-order valence-corrected chi connectivity index (χ4v) is 3.33. The second-order valence-corrected chi connectivity index (χ2v) is 7.09. The summed E-state index contributed by atoms with van der Waals surface area (Å²) in [6.07, 6.45) is 2.02. The molecular weight excluding hydrogens is 455 g/mol. The number of morpholine rings is 1. The van der Waals surface area contributed by atoms with Gasteiger partial charge in [-0.1, -0.05) is 0 Å². The molecule has 0 aliphatic carbocycles. The molecule has 1 aliphatic heterocycles. The minimum absolute atomic E-state index is 0. The summed E-state index contributed by atoms with van der Waals surface area (Å²) in [4.78, 5) is 7.20. The lowest BCUT2D eigenvalue weighted by Crippen LogP contribution is -2.43. The van der Waals surface area contributed by atoms with E-state index < -0.39 is 0 Å². The van der Waals surface area contributed by atoms with Gasteiger partial charge in [0.2, 0.25) is 0 Å². The zero-order chi connectivity index (χ0) is 18.9. The first-order valence-electron chi connectivity index (χ1n) is 9.85. The van der Waals surface area contributed by atoms with Crippen molar-refractivity contribution in [1.29, 1.82) is 0 Å². The van der Waals surface area contributed by atoms with Crippen molar-refractivity contribution in [3.63, 3.8) is 0 Å². The van der Waals surface area contributed by atoms with Crippen molar-refractivity contribution in [2.45, 2.75) is 46.6 Å². The first-order valence-corrected chi connectivity index (χ1v) is 9.85. The average molecular weight is 492 g/mol. The fourth-order valence-electron chi connectivity index (χ4n) is 3.33. The molecule has 1 aromatic rings. The molecular formula is C19H37IN6O. The molecule has 2 heterocycles. The Morgan fingerprint density at radius 2 is 2.00 bits per heavy atom. The van der Waals surface area contributed by atoms with Crippen LogP contribution >= 0.6 is 24.0 Å². The van der Waals surface area contributed by atoms with Gasteiger partial charge in [0.05, 0.1) is 18.9 Å². The van der Waals surface area contributed by atoms with Crippen molar-refractivity contribution in [2.75, 3.05) is 45.9 Å². The Bertz CT molecular complexity index is 583. The molecule has 0 radical (unpaired) electrons. The first kappa shape index (κ1) is 24.2. The summed E-state index contributed by atoms with van der Waals surface area (Å²) in [6, 6.07) is 0.300. The highest BCUT2D eigenvalue weighted by Gasteiger charge is 2.14. The number of aliphatic imine (C=N–C) groups is 1. The third kappa shape index (κ3) is 7.95. The normalized spacial score (nSPS) is 16.7. The number of hydrogen-bond acceptors (Lipinski definition) is 4. The molecule has 156 valence electrons. The Morgan fingerprint density at radius 3 is 2.59 bits per heavy atom. The zero-order valence-corrected chi connectivity index (χ0v) is 19.9. The molecule has 27 heavy (non-hydrogen) atoms. The number of hydrogen-bond donors (Lipinski definition) is 2. The van der Waals surface area contributed by atoms with Crippen molar-refractivity contribution < 1.29 is 4.74 Å². The number of nitrogens with one attached hydrogen (secondary N) is 2. The Morgan fingerprint density at radius 1 is 1.30 bits per heavy atom. The Labute approximate surface area is 181 Å². The number of ether oxygens (including phenoxy) is 1. The van der Waals surface area contributed by atoms with Gasteiger partial charge in [0.1, 0.15) is 0 Å². The summed E-state index contributed by atoms with van der Waals surface area (Å²) in [6.45, 7) is 15.1. The summed E-state index contributed by atoms with van der Waals surface area (Å²) >= 11 is 0. The van der Waals surface area contributed by atoms with E-state index in [-0.39, 0.29) is 24.0 Å². The van der Waals surface area contributed by atoms with E-state index in [0.717, 1.165) is 70.4 Å². The van der Waals surface area contributed by atoms with Crippen molar-refractivity contribution in [3.05, 3.63) is 17.0 Å². The van der Waals surface area contributed by atoms with Crippen LogP contribution in [0.25, 0.3) is 0 Å². The highest BCUT2D eigenvalue weighted by Crippen LogP contribution is 2.14. The number of rotatable bonds is 8. The smallest absolute Gasteiger partial charge is 0.191 e. The fraction of sp³-hybridized carbons (Fsp3) is 0.789. The van der Waals surface area contributed by atoms with Gasteiger partial charge in [0, 0.05) is 51.5 Å². The van der Waals surface area contributed by atoms with Gasteiger partial charge in [-0.15, -0.1) is 24.0 Å². The van der Waals surface area contributed by atoms with Crippen LogP contribution in [-0.2, 0) is 18.2 Å². The third-order valence-electron chi connectivity index (χ3n) is 4.90. The van der Waals surface area contributed by atoms with Gasteiger partial charge in [0.15, 0.2) is 5.96 Å². The van der Waals surface area contributed by atoms with Crippen LogP contribution in [0.3, 0.4) is 0 Å². The van der Waals surface area contributed by atoms with Crippen molar-refractivity contribution in [1.82, 2.24) is 25.3 Å². The molecule has 0 spiro atoms. The van der Waals surface area contributed by atoms with E-state index in [0.29, 0.717) is 6.04 Å². The predicted molar refractivity (Wildman–Crippen MR) is 122 cm³/mol. The van der Waals surface area contributed by atoms with E-state index in [1.54, 1.807) is 0 Å². The van der Waals surface area contributed by atoms with E-state index >= 15 is 0 Å². The van der Waals surface area contributed by atoms with Crippen LogP contribution in [0.2, 0.25) is 0 Å². The lowest BCUT2D eigenvalue weighted by molar-refractivity contribution is 0.0377. The largest absolute Gasteiger partial charge is 0.379 e. The summed E-state index contributed by atoms with van der Waals surface area (Å²) < 4.78 is 7.35. The standard InChI is InChI=1S/C19H36N6O.HI/c1-6-20-19(21-8-7-9-25-10-12-26-13-11-25)22-15(2)14-18-16(3)23-24(5)17(18)4;/h15H,6-14H2,1-5H3,(H2,20,21,22);1H. The third-order valence-corrected chi connectivity index (χ3v) is 4.90. The Kier molecular flexibility index (Phi) is 11.2. The molecule has 2 N–H and O–H groups in total. The Hall–Kier alpha value is -0.870. The van der Waals surface area contributed by atoms with Gasteiger partial charge in [-0.2, -0.15) is 5.10 Å². The summed E-state index contributed by atoms with van der Waals surface area (Å²) in [5, 5.41) is 11.4. The number of aromatic nitrogens is 2. The highest BCUT2D eigenvalue weighted by atomic mass is 127. The van der Waals surface area contributed by atoms with Crippen LogP contribution in [0.4, 0.5) is 0 Å². The summed E-state index contributed by atoms with van der Waals surface area (Å²) in [7, 11) is 2.00. The second kappa shape index (κ2) is 12.6. The number of nitrogens with zero attached hydrogens (tertiary/aromatic N) is 4. The molecule has 7 nitrogen and oxygen atoms in total. The maximum Gasteiger partial charge on any atom is 0.191 e. The lowest BCUT2D eigenvalue weighted by atomic mass is 10.1. The summed E-state index contributed by atoms with van der Waals surface area (Å²) in [5.41, 5.74) is 3.69. The van der Waals surface area contributed by atoms with Crippen LogP contribution in [0.15, 0.2) is 4.99 Å². The maximum absolute atomic E-state index is 5.39. The second-order valence-electron chi connectivity index (χ2n) is 7.09. The highest BCUT2D eigenvalue weighted by molar-refractivity contribution is 14.0. The molecule has 1 saturated heterocycles. The molecule has 8 heteroatoms. The van der Waals surface area contributed by atoms with E-state index in [2.05, 4.69) is 48.3 Å². The molecule has 0 aromatic carbocycles. The van der Waals surface area contributed by atoms with Gasteiger partial charge < -0.3 is 15.4 Å². The lowest BCUT2D eigenvalue weighted by Gasteiger charge is -2.26. The van der Waals surface area contributed by atoms with E-state index in [4.69, 9.17) is 9.73 Å². The van der Waals surface area contributed by atoms with E-state index in [1.165, 1.54) is 11.3 Å². The summed E-state index contributed by atoms with van der Waals surface area (Å²) in [5.74, 6) is 0.904. The monoisotopic (exact) mass is 492 g/mol. The molecule has 2 rings (SSSR count). The average Bonchev–Trinajstić information content (AvgIpc) is 2.86. The molecule has 1 aliphatic rings. The first-order chi connectivity index (χ1) is 12.5. The van der Waals surface area contributed by atoms with Gasteiger partial charge in [-0.3, -0.25) is 14.6 Å². The van der Waals surface area contributed by atoms with E-state index in [9.17, 15) is 0 Å². The molecule has 1 unspecified atom stereocenters. The molecule has 0 amide bonds. The van der Waals surface area contributed by atoms with Gasteiger partial charge >= 0.3 is 0 Å². The molecule has 0 bridgehead atoms. The SMILES string of the molecule is CCNC(=NCCCN1CCOCC1)NC(C)Cc1c(C)nn(C)c1C.I. The number of halogens is 1. The molecule has 1 fully saturated rings. The van der Waals surface area contributed by atoms with Crippen molar-refractivity contribution >= 4 is 29.9 Å². The number of aryl methyl sites for hydroxylation is 2. The van der Waals surface area contributed by atoms with Gasteiger partial charge in [-0.05, 0) is 46.1 Å². The van der Waals surface area contributed by atoms with Gasteiger partial charge in [0.25, 0.3) is 0 Å². The van der Waals surface area contributed by atoms with Crippen LogP contribution < -0.4 is 10.6 Å². The minimum atomic E-state index is 0. The zero-order valence-electron chi connectivity index (χ0n) is 17.5. The quantitative estimate of drug-likeness (QED) is 0.251.